The monoisotopic (exact) mass is 189 g/mol. The highest BCUT2D eigenvalue weighted by Gasteiger charge is 1.92. The molecule has 1 aliphatic rings. The van der Waals surface area contributed by atoms with Gasteiger partial charge in [-0.1, -0.05) is 18.2 Å². The Labute approximate surface area is 84.7 Å². The molecule has 0 radical (unpaired) electrons. The van der Waals surface area contributed by atoms with Crippen molar-refractivity contribution in [3.63, 3.8) is 0 Å². The van der Waals surface area contributed by atoms with Gasteiger partial charge in [0.05, 0.1) is 11.5 Å². The van der Waals surface area contributed by atoms with Crippen molar-refractivity contribution in [1.82, 2.24) is 0 Å². The molecule has 0 heterocycles. The predicted molar refractivity (Wildman–Crippen MR) is 60.5 cm³/mol. The van der Waals surface area contributed by atoms with Crippen LogP contribution in [0, 0.1) is 0 Å². The fourth-order valence-electron chi connectivity index (χ4n) is 1.18. The molecule has 1 rings (SSSR count). The molecule has 0 aromatic heterocycles. The molecule has 0 aromatic rings. The highest BCUT2D eigenvalue weighted by atomic mass is 16.3. The molecular formula is C12H15NO. The zero-order valence-electron chi connectivity index (χ0n) is 8.57. The SMILES string of the molecule is C/C(O)=C/C(C)=N/C1=CC=CCC=C1. The van der Waals surface area contributed by atoms with E-state index in [0.717, 1.165) is 17.8 Å². The van der Waals surface area contributed by atoms with E-state index in [9.17, 15) is 0 Å². The third-order valence-electron chi connectivity index (χ3n) is 1.69. The summed E-state index contributed by atoms with van der Waals surface area (Å²) >= 11 is 0. The van der Waals surface area contributed by atoms with Gasteiger partial charge in [-0.3, -0.25) is 4.99 Å². The third-order valence-corrected chi connectivity index (χ3v) is 1.69. The standard InChI is InChI=1S/C12H15NO/c1-10(9-11(2)14)13-12-7-5-3-4-6-8-12/h3,5-9,14H,4H2,1-2H3/b11-9-,13-10+. The summed E-state index contributed by atoms with van der Waals surface area (Å²) in [5.74, 6) is 0.278. The molecule has 0 fully saturated rings. The van der Waals surface area contributed by atoms with Crippen LogP contribution in [-0.4, -0.2) is 10.8 Å². The average Bonchev–Trinajstić information content (AvgIpc) is 2.31. The van der Waals surface area contributed by atoms with Crippen LogP contribution in [0.3, 0.4) is 0 Å². The van der Waals surface area contributed by atoms with Crippen molar-refractivity contribution in [3.05, 3.63) is 47.9 Å². The Morgan fingerprint density at radius 1 is 1.43 bits per heavy atom. The van der Waals surface area contributed by atoms with Crippen LogP contribution in [0.25, 0.3) is 0 Å². The van der Waals surface area contributed by atoms with Gasteiger partial charge in [-0.15, -0.1) is 0 Å². The van der Waals surface area contributed by atoms with Gasteiger partial charge in [0.25, 0.3) is 0 Å². The number of aliphatic hydroxyl groups is 1. The molecule has 0 saturated heterocycles. The lowest BCUT2D eigenvalue weighted by molar-refractivity contribution is 0.415. The Morgan fingerprint density at radius 3 is 2.93 bits per heavy atom. The number of hydrogen-bond acceptors (Lipinski definition) is 2. The average molecular weight is 189 g/mol. The lowest BCUT2D eigenvalue weighted by atomic mass is 10.3. The van der Waals surface area contributed by atoms with E-state index in [-0.39, 0.29) is 5.76 Å². The fourth-order valence-corrected chi connectivity index (χ4v) is 1.18. The Hall–Kier alpha value is -1.57. The Kier molecular flexibility index (Phi) is 3.92. The first kappa shape index (κ1) is 10.5. The molecule has 0 amide bonds. The van der Waals surface area contributed by atoms with Gasteiger partial charge in [-0.25, -0.2) is 0 Å². The number of rotatable bonds is 2. The van der Waals surface area contributed by atoms with Gasteiger partial charge < -0.3 is 5.11 Å². The Morgan fingerprint density at radius 2 is 2.21 bits per heavy atom. The number of allylic oxidation sites excluding steroid dienone is 7. The first-order valence-electron chi connectivity index (χ1n) is 4.64. The van der Waals surface area contributed by atoms with Crippen molar-refractivity contribution in [3.8, 4) is 0 Å². The van der Waals surface area contributed by atoms with Crippen molar-refractivity contribution in [2.75, 3.05) is 0 Å². The van der Waals surface area contributed by atoms with Gasteiger partial charge in [0.1, 0.15) is 0 Å². The molecule has 0 bridgehead atoms. The maximum atomic E-state index is 9.04. The highest BCUT2D eigenvalue weighted by molar-refractivity contribution is 5.93. The molecule has 0 atom stereocenters. The smallest absolute Gasteiger partial charge is 0.0909 e. The van der Waals surface area contributed by atoms with Gasteiger partial charge in [-0.2, -0.15) is 0 Å². The molecule has 0 saturated carbocycles. The van der Waals surface area contributed by atoms with E-state index in [0.29, 0.717) is 0 Å². The summed E-state index contributed by atoms with van der Waals surface area (Å²) in [6, 6.07) is 0. The number of aliphatic imine (C=N–C) groups is 1. The first-order chi connectivity index (χ1) is 6.68. The molecular weight excluding hydrogens is 174 g/mol. The summed E-state index contributed by atoms with van der Waals surface area (Å²) in [5, 5.41) is 9.04. The maximum absolute atomic E-state index is 9.04. The minimum atomic E-state index is 0.278. The van der Waals surface area contributed by atoms with E-state index in [2.05, 4.69) is 17.1 Å². The van der Waals surface area contributed by atoms with E-state index in [1.54, 1.807) is 13.0 Å². The maximum Gasteiger partial charge on any atom is 0.0909 e. The summed E-state index contributed by atoms with van der Waals surface area (Å²) in [5.41, 5.74) is 1.71. The Bertz CT molecular complexity index is 339. The molecule has 1 N–H and O–H groups in total. The lowest BCUT2D eigenvalue weighted by Crippen LogP contribution is -1.88. The number of aliphatic hydroxyl groups excluding tert-OH is 1. The Balaban J connectivity index is 2.80. The summed E-state index contributed by atoms with van der Waals surface area (Å²) in [4.78, 5) is 4.34. The van der Waals surface area contributed by atoms with Crippen molar-refractivity contribution in [2.45, 2.75) is 20.3 Å². The van der Waals surface area contributed by atoms with Crippen LogP contribution in [0.4, 0.5) is 0 Å². The molecule has 0 aliphatic heterocycles. The second-order valence-corrected chi connectivity index (χ2v) is 3.20. The summed E-state index contributed by atoms with van der Waals surface area (Å²) < 4.78 is 0. The van der Waals surface area contributed by atoms with Crippen LogP contribution in [0.15, 0.2) is 52.9 Å². The summed E-state index contributed by atoms with van der Waals surface area (Å²) in [6.07, 6.45) is 12.6. The van der Waals surface area contributed by atoms with Crippen LogP contribution in [-0.2, 0) is 0 Å². The molecule has 74 valence electrons. The van der Waals surface area contributed by atoms with E-state index >= 15 is 0 Å². The van der Waals surface area contributed by atoms with Gasteiger partial charge in [0, 0.05) is 5.71 Å². The fraction of sp³-hybridized carbons (Fsp3) is 0.250. The van der Waals surface area contributed by atoms with Gasteiger partial charge in [0.2, 0.25) is 0 Å². The van der Waals surface area contributed by atoms with Crippen LogP contribution in [0.2, 0.25) is 0 Å². The van der Waals surface area contributed by atoms with Crippen LogP contribution in [0.5, 0.6) is 0 Å². The van der Waals surface area contributed by atoms with Gasteiger partial charge in [-0.05, 0) is 38.5 Å². The van der Waals surface area contributed by atoms with Crippen LogP contribution >= 0.6 is 0 Å². The third kappa shape index (κ3) is 3.90. The molecule has 0 unspecified atom stereocenters. The minimum absolute atomic E-state index is 0.278. The second kappa shape index (κ2) is 5.22. The first-order valence-corrected chi connectivity index (χ1v) is 4.64. The quantitative estimate of drug-likeness (QED) is 0.524. The number of nitrogens with zero attached hydrogens (tertiary/aromatic N) is 1. The van der Waals surface area contributed by atoms with E-state index in [1.165, 1.54) is 0 Å². The highest BCUT2D eigenvalue weighted by Crippen LogP contribution is 2.06. The summed E-state index contributed by atoms with van der Waals surface area (Å²) in [7, 11) is 0. The van der Waals surface area contributed by atoms with Crippen molar-refractivity contribution < 1.29 is 5.11 Å². The zero-order valence-corrected chi connectivity index (χ0v) is 8.57. The molecule has 2 nitrogen and oxygen atoms in total. The number of hydrogen-bond donors (Lipinski definition) is 1. The van der Waals surface area contributed by atoms with Crippen molar-refractivity contribution in [2.24, 2.45) is 4.99 Å². The van der Waals surface area contributed by atoms with Gasteiger partial charge >= 0.3 is 0 Å². The van der Waals surface area contributed by atoms with E-state index < -0.39 is 0 Å². The van der Waals surface area contributed by atoms with E-state index in [1.807, 2.05) is 25.2 Å². The van der Waals surface area contributed by atoms with Crippen molar-refractivity contribution >= 4 is 5.71 Å². The van der Waals surface area contributed by atoms with Crippen LogP contribution in [0.1, 0.15) is 20.3 Å². The van der Waals surface area contributed by atoms with E-state index in [4.69, 9.17) is 5.11 Å². The largest absolute Gasteiger partial charge is 0.513 e. The summed E-state index contributed by atoms with van der Waals surface area (Å²) in [6.45, 7) is 3.50. The minimum Gasteiger partial charge on any atom is -0.513 e. The molecule has 0 aromatic carbocycles. The zero-order chi connectivity index (χ0) is 10.4. The molecule has 2 heteroatoms. The van der Waals surface area contributed by atoms with Crippen molar-refractivity contribution in [1.29, 1.82) is 0 Å². The predicted octanol–water partition coefficient (Wildman–Crippen LogP) is 3.31. The second-order valence-electron chi connectivity index (χ2n) is 3.20. The molecule has 14 heavy (non-hydrogen) atoms. The van der Waals surface area contributed by atoms with Crippen LogP contribution < -0.4 is 0 Å². The molecule has 1 aliphatic carbocycles. The topological polar surface area (TPSA) is 32.6 Å². The normalized spacial score (nSPS) is 18.0. The van der Waals surface area contributed by atoms with Gasteiger partial charge in [0.15, 0.2) is 0 Å². The lowest BCUT2D eigenvalue weighted by Gasteiger charge is -1.95. The molecule has 0 spiro atoms.